The van der Waals surface area contributed by atoms with Gasteiger partial charge in [-0.15, -0.1) is 0 Å². The first-order chi connectivity index (χ1) is 7.76. The van der Waals surface area contributed by atoms with Gasteiger partial charge < -0.3 is 20.5 Å². The fraction of sp³-hybridized carbons (Fsp3) is 0.545. The van der Waals surface area contributed by atoms with Gasteiger partial charge in [-0.2, -0.15) is 0 Å². The van der Waals surface area contributed by atoms with E-state index in [0.29, 0.717) is 19.6 Å². The number of aliphatic hydroxyl groups excluding tert-OH is 1. The zero-order valence-corrected chi connectivity index (χ0v) is 9.73. The van der Waals surface area contributed by atoms with Crippen molar-refractivity contribution in [3.8, 4) is 0 Å². The van der Waals surface area contributed by atoms with Gasteiger partial charge >= 0.3 is 0 Å². The van der Waals surface area contributed by atoms with Gasteiger partial charge in [-0.25, -0.2) is 4.98 Å². The van der Waals surface area contributed by atoms with Crippen LogP contribution in [0.15, 0.2) is 18.2 Å². The lowest BCUT2D eigenvalue weighted by Crippen LogP contribution is -2.18. The second-order valence-electron chi connectivity index (χ2n) is 3.48. The van der Waals surface area contributed by atoms with Crippen molar-refractivity contribution in [1.29, 1.82) is 0 Å². The average Bonchev–Trinajstić information content (AvgIpc) is 2.30. The van der Waals surface area contributed by atoms with E-state index in [1.165, 1.54) is 0 Å². The Kier molecular flexibility index (Phi) is 5.60. The maximum Gasteiger partial charge on any atom is 0.128 e. The Labute approximate surface area is 95.8 Å². The SMILES string of the molecule is CNc1cccc(NCCC(O)COC)n1. The lowest BCUT2D eigenvalue weighted by Gasteiger charge is -2.10. The highest BCUT2D eigenvalue weighted by molar-refractivity contribution is 5.44. The molecule has 3 N–H and O–H groups in total. The molecule has 1 unspecified atom stereocenters. The smallest absolute Gasteiger partial charge is 0.128 e. The van der Waals surface area contributed by atoms with Crippen LogP contribution in [-0.4, -0.2) is 43.5 Å². The molecule has 0 spiro atoms. The van der Waals surface area contributed by atoms with E-state index in [4.69, 9.17) is 4.74 Å². The summed E-state index contributed by atoms with van der Waals surface area (Å²) in [4.78, 5) is 4.30. The summed E-state index contributed by atoms with van der Waals surface area (Å²) in [5.41, 5.74) is 0. The van der Waals surface area contributed by atoms with Crippen molar-refractivity contribution >= 4 is 11.6 Å². The first kappa shape index (κ1) is 12.7. The number of pyridine rings is 1. The first-order valence-electron chi connectivity index (χ1n) is 5.32. The van der Waals surface area contributed by atoms with Gasteiger partial charge in [0.2, 0.25) is 0 Å². The van der Waals surface area contributed by atoms with E-state index < -0.39 is 6.10 Å². The number of nitrogens with zero attached hydrogens (tertiary/aromatic N) is 1. The Bertz CT molecular complexity index is 307. The van der Waals surface area contributed by atoms with Crippen molar-refractivity contribution in [3.63, 3.8) is 0 Å². The molecule has 0 saturated heterocycles. The van der Waals surface area contributed by atoms with Gasteiger partial charge in [-0.1, -0.05) is 6.07 Å². The van der Waals surface area contributed by atoms with Crippen molar-refractivity contribution in [3.05, 3.63) is 18.2 Å². The summed E-state index contributed by atoms with van der Waals surface area (Å²) in [6, 6.07) is 5.71. The zero-order valence-electron chi connectivity index (χ0n) is 9.73. The topological polar surface area (TPSA) is 66.4 Å². The van der Waals surface area contributed by atoms with Crippen molar-refractivity contribution in [2.24, 2.45) is 0 Å². The number of hydrogen-bond donors (Lipinski definition) is 3. The molecule has 0 aromatic carbocycles. The molecule has 1 heterocycles. The maximum absolute atomic E-state index is 9.43. The van der Waals surface area contributed by atoms with E-state index in [-0.39, 0.29) is 0 Å². The molecular formula is C11H19N3O2. The van der Waals surface area contributed by atoms with E-state index in [9.17, 15) is 5.11 Å². The molecule has 0 amide bonds. The van der Waals surface area contributed by atoms with E-state index in [1.54, 1.807) is 7.11 Å². The number of hydrogen-bond acceptors (Lipinski definition) is 5. The minimum absolute atomic E-state index is 0.367. The van der Waals surface area contributed by atoms with Crippen LogP contribution in [0, 0.1) is 0 Å². The molecule has 1 atom stereocenters. The highest BCUT2D eigenvalue weighted by atomic mass is 16.5. The number of aliphatic hydroxyl groups is 1. The molecule has 0 aliphatic heterocycles. The van der Waals surface area contributed by atoms with Crippen LogP contribution in [0.4, 0.5) is 11.6 Å². The van der Waals surface area contributed by atoms with Crippen molar-refractivity contribution < 1.29 is 9.84 Å². The predicted molar refractivity (Wildman–Crippen MR) is 64.8 cm³/mol. The van der Waals surface area contributed by atoms with Gasteiger partial charge in [-0.05, 0) is 18.6 Å². The van der Waals surface area contributed by atoms with Crippen LogP contribution in [0.2, 0.25) is 0 Å². The molecule has 90 valence electrons. The molecule has 1 aromatic heterocycles. The fourth-order valence-corrected chi connectivity index (χ4v) is 1.31. The molecule has 1 rings (SSSR count). The average molecular weight is 225 g/mol. The Hall–Kier alpha value is -1.33. The monoisotopic (exact) mass is 225 g/mol. The highest BCUT2D eigenvalue weighted by Crippen LogP contribution is 2.08. The van der Waals surface area contributed by atoms with Crippen LogP contribution in [0.5, 0.6) is 0 Å². The van der Waals surface area contributed by atoms with E-state index in [2.05, 4.69) is 15.6 Å². The Morgan fingerprint density at radius 1 is 1.44 bits per heavy atom. The molecule has 1 aromatic rings. The number of methoxy groups -OCH3 is 1. The second-order valence-corrected chi connectivity index (χ2v) is 3.48. The van der Waals surface area contributed by atoms with Crippen molar-refractivity contribution in [2.75, 3.05) is 37.9 Å². The fourth-order valence-electron chi connectivity index (χ4n) is 1.31. The summed E-state index contributed by atoms with van der Waals surface area (Å²) < 4.78 is 4.84. The summed E-state index contributed by atoms with van der Waals surface area (Å²) in [7, 11) is 3.41. The molecular weight excluding hydrogens is 206 g/mol. The maximum atomic E-state index is 9.43. The normalized spacial score (nSPS) is 12.2. The quantitative estimate of drug-likeness (QED) is 0.644. The first-order valence-corrected chi connectivity index (χ1v) is 5.32. The van der Waals surface area contributed by atoms with Gasteiger partial charge in [0.15, 0.2) is 0 Å². The molecule has 5 heteroatoms. The third-order valence-corrected chi connectivity index (χ3v) is 2.15. The van der Waals surface area contributed by atoms with E-state index >= 15 is 0 Å². The number of aromatic nitrogens is 1. The summed E-state index contributed by atoms with van der Waals surface area (Å²) in [5.74, 6) is 1.62. The van der Waals surface area contributed by atoms with Crippen LogP contribution in [0.3, 0.4) is 0 Å². The molecule has 0 aliphatic rings. The Balaban J connectivity index is 2.31. The van der Waals surface area contributed by atoms with Gasteiger partial charge in [0.1, 0.15) is 11.6 Å². The molecule has 0 saturated carbocycles. The van der Waals surface area contributed by atoms with Crippen LogP contribution in [0.25, 0.3) is 0 Å². The molecule has 5 nitrogen and oxygen atoms in total. The number of nitrogens with one attached hydrogen (secondary N) is 2. The molecule has 0 aliphatic carbocycles. The Morgan fingerprint density at radius 3 is 2.88 bits per heavy atom. The van der Waals surface area contributed by atoms with Crippen LogP contribution in [-0.2, 0) is 4.74 Å². The third kappa shape index (κ3) is 4.46. The lowest BCUT2D eigenvalue weighted by atomic mass is 10.2. The summed E-state index contributed by atoms with van der Waals surface area (Å²) in [6.45, 7) is 1.04. The minimum Gasteiger partial charge on any atom is -0.391 e. The summed E-state index contributed by atoms with van der Waals surface area (Å²) in [5, 5.41) is 15.5. The van der Waals surface area contributed by atoms with E-state index in [0.717, 1.165) is 11.6 Å². The number of rotatable bonds is 7. The second kappa shape index (κ2) is 7.03. The standard InChI is InChI=1S/C11H19N3O2/c1-12-10-4-3-5-11(14-10)13-7-6-9(15)8-16-2/h3-5,9,15H,6-8H2,1-2H3,(H2,12,13,14). The van der Waals surface area contributed by atoms with Crippen LogP contribution >= 0.6 is 0 Å². The summed E-state index contributed by atoms with van der Waals surface area (Å²) >= 11 is 0. The summed E-state index contributed by atoms with van der Waals surface area (Å²) in [6.07, 6.45) is 0.212. The van der Waals surface area contributed by atoms with Gasteiger partial charge in [0, 0.05) is 20.7 Å². The molecule has 0 fully saturated rings. The van der Waals surface area contributed by atoms with Crippen LogP contribution < -0.4 is 10.6 Å². The largest absolute Gasteiger partial charge is 0.391 e. The highest BCUT2D eigenvalue weighted by Gasteiger charge is 2.02. The van der Waals surface area contributed by atoms with Gasteiger partial charge in [0.25, 0.3) is 0 Å². The zero-order chi connectivity index (χ0) is 11.8. The third-order valence-electron chi connectivity index (χ3n) is 2.15. The van der Waals surface area contributed by atoms with Crippen molar-refractivity contribution in [2.45, 2.75) is 12.5 Å². The predicted octanol–water partition coefficient (Wildman–Crippen LogP) is 0.933. The molecule has 0 radical (unpaired) electrons. The Morgan fingerprint density at radius 2 is 2.19 bits per heavy atom. The van der Waals surface area contributed by atoms with E-state index in [1.807, 2.05) is 25.2 Å². The van der Waals surface area contributed by atoms with Gasteiger partial charge in [-0.3, -0.25) is 0 Å². The van der Waals surface area contributed by atoms with Crippen molar-refractivity contribution in [1.82, 2.24) is 4.98 Å². The van der Waals surface area contributed by atoms with Crippen LogP contribution in [0.1, 0.15) is 6.42 Å². The minimum atomic E-state index is -0.426. The number of anilines is 2. The molecule has 16 heavy (non-hydrogen) atoms. The number of ether oxygens (including phenoxy) is 1. The molecule has 0 bridgehead atoms. The lowest BCUT2D eigenvalue weighted by molar-refractivity contribution is 0.0615. The van der Waals surface area contributed by atoms with Gasteiger partial charge in [0.05, 0.1) is 12.7 Å².